The fourth-order valence-electron chi connectivity index (χ4n) is 1.36. The van der Waals surface area contributed by atoms with Gasteiger partial charge in [0.05, 0.1) is 12.5 Å². The maximum absolute atomic E-state index is 11.3. The Morgan fingerprint density at radius 2 is 1.67 bits per heavy atom. The van der Waals surface area contributed by atoms with E-state index in [9.17, 15) is 4.79 Å². The average molecular weight is 214 g/mol. The fraction of sp³-hybridized carbons (Fsp3) is 0.923. The third kappa shape index (κ3) is 8.46. The monoisotopic (exact) mass is 214 g/mol. The molecular weight excluding hydrogens is 188 g/mol. The molecular formula is C13H26O2. The Morgan fingerprint density at radius 1 is 1.07 bits per heavy atom. The first-order valence-corrected chi connectivity index (χ1v) is 6.39. The van der Waals surface area contributed by atoms with Gasteiger partial charge in [-0.2, -0.15) is 0 Å². The molecule has 0 rings (SSSR count). The molecule has 0 fully saturated rings. The van der Waals surface area contributed by atoms with Crippen LogP contribution in [0.1, 0.15) is 65.7 Å². The summed E-state index contributed by atoms with van der Waals surface area (Å²) in [4.78, 5) is 11.3. The van der Waals surface area contributed by atoms with E-state index < -0.39 is 0 Å². The summed E-state index contributed by atoms with van der Waals surface area (Å²) in [6.45, 7) is 6.75. The van der Waals surface area contributed by atoms with Crippen LogP contribution >= 0.6 is 0 Å². The molecule has 0 aromatic carbocycles. The number of hydrogen-bond donors (Lipinski definition) is 0. The number of esters is 1. The predicted molar refractivity (Wildman–Crippen MR) is 63.8 cm³/mol. The molecule has 0 saturated heterocycles. The van der Waals surface area contributed by atoms with Crippen LogP contribution in [0.3, 0.4) is 0 Å². The molecule has 0 saturated carbocycles. The maximum Gasteiger partial charge on any atom is 0.308 e. The van der Waals surface area contributed by atoms with Crippen molar-refractivity contribution in [2.24, 2.45) is 5.92 Å². The van der Waals surface area contributed by atoms with Gasteiger partial charge in [0.15, 0.2) is 0 Å². The first-order chi connectivity index (χ1) is 7.22. The lowest BCUT2D eigenvalue weighted by atomic mass is 10.1. The van der Waals surface area contributed by atoms with E-state index in [0.717, 1.165) is 12.8 Å². The molecule has 0 amide bonds. The van der Waals surface area contributed by atoms with Crippen LogP contribution in [0, 0.1) is 5.92 Å². The van der Waals surface area contributed by atoms with E-state index in [2.05, 4.69) is 6.92 Å². The van der Waals surface area contributed by atoms with E-state index in [4.69, 9.17) is 4.74 Å². The van der Waals surface area contributed by atoms with Crippen LogP contribution in [0.15, 0.2) is 0 Å². The average Bonchev–Trinajstić information content (AvgIpc) is 2.26. The second-order valence-electron chi connectivity index (χ2n) is 4.24. The number of ether oxygens (including phenoxy) is 1. The summed E-state index contributed by atoms with van der Waals surface area (Å²) in [6.07, 6.45) is 8.27. The second kappa shape index (κ2) is 10.0. The van der Waals surface area contributed by atoms with E-state index in [1.165, 1.54) is 32.1 Å². The molecule has 0 bridgehead atoms. The topological polar surface area (TPSA) is 26.3 Å². The zero-order valence-corrected chi connectivity index (χ0v) is 10.6. The summed E-state index contributed by atoms with van der Waals surface area (Å²) in [6, 6.07) is 0. The van der Waals surface area contributed by atoms with E-state index in [0.29, 0.717) is 6.61 Å². The lowest BCUT2D eigenvalue weighted by Crippen LogP contribution is -2.14. The van der Waals surface area contributed by atoms with Crippen LogP contribution in [0.2, 0.25) is 0 Å². The SMILES string of the molecule is CCCCCCCCOC(=O)[C@@H](C)CC. The summed E-state index contributed by atoms with van der Waals surface area (Å²) < 4.78 is 5.16. The van der Waals surface area contributed by atoms with E-state index >= 15 is 0 Å². The molecule has 90 valence electrons. The number of carbonyl (C=O) groups is 1. The standard InChI is InChI=1S/C13H26O2/c1-4-6-7-8-9-10-11-15-13(14)12(3)5-2/h12H,4-11H2,1-3H3/t12-/m0/s1. The fourth-order valence-corrected chi connectivity index (χ4v) is 1.36. The molecule has 2 heteroatoms. The third-order valence-corrected chi connectivity index (χ3v) is 2.76. The minimum atomic E-state index is -0.0361. The van der Waals surface area contributed by atoms with Gasteiger partial charge in [-0.25, -0.2) is 0 Å². The Bertz CT molecular complexity index is 155. The minimum absolute atomic E-state index is 0.0361. The first-order valence-electron chi connectivity index (χ1n) is 6.39. The molecule has 15 heavy (non-hydrogen) atoms. The van der Waals surface area contributed by atoms with Crippen molar-refractivity contribution in [3.05, 3.63) is 0 Å². The molecule has 0 heterocycles. The predicted octanol–water partition coefficient (Wildman–Crippen LogP) is 3.94. The number of unbranched alkanes of at least 4 members (excludes halogenated alkanes) is 5. The summed E-state index contributed by atoms with van der Waals surface area (Å²) in [7, 11) is 0. The summed E-state index contributed by atoms with van der Waals surface area (Å²) in [5.41, 5.74) is 0. The Morgan fingerprint density at radius 3 is 2.27 bits per heavy atom. The van der Waals surface area contributed by atoms with Crippen molar-refractivity contribution in [2.75, 3.05) is 6.61 Å². The lowest BCUT2D eigenvalue weighted by molar-refractivity contribution is -0.148. The van der Waals surface area contributed by atoms with Gasteiger partial charge in [-0.15, -0.1) is 0 Å². The van der Waals surface area contributed by atoms with Gasteiger partial charge >= 0.3 is 5.97 Å². The largest absolute Gasteiger partial charge is 0.465 e. The third-order valence-electron chi connectivity index (χ3n) is 2.76. The van der Waals surface area contributed by atoms with Gasteiger partial charge in [-0.3, -0.25) is 4.79 Å². The summed E-state index contributed by atoms with van der Waals surface area (Å²) in [5, 5.41) is 0. The van der Waals surface area contributed by atoms with Gasteiger partial charge in [0.1, 0.15) is 0 Å². The molecule has 0 aliphatic heterocycles. The molecule has 2 nitrogen and oxygen atoms in total. The van der Waals surface area contributed by atoms with Crippen LogP contribution < -0.4 is 0 Å². The molecule has 0 unspecified atom stereocenters. The lowest BCUT2D eigenvalue weighted by Gasteiger charge is -2.08. The zero-order valence-electron chi connectivity index (χ0n) is 10.6. The molecule has 0 aromatic heterocycles. The molecule has 0 aliphatic carbocycles. The van der Waals surface area contributed by atoms with Crippen molar-refractivity contribution >= 4 is 5.97 Å². The molecule has 0 aromatic rings. The van der Waals surface area contributed by atoms with Gasteiger partial charge < -0.3 is 4.74 Å². The van der Waals surface area contributed by atoms with Crippen LogP contribution in [0.25, 0.3) is 0 Å². The number of carbonyl (C=O) groups excluding carboxylic acids is 1. The molecule has 0 radical (unpaired) electrons. The van der Waals surface area contributed by atoms with Crippen LogP contribution in [-0.4, -0.2) is 12.6 Å². The van der Waals surface area contributed by atoms with E-state index in [1.807, 2.05) is 13.8 Å². The van der Waals surface area contributed by atoms with Crippen molar-refractivity contribution in [1.29, 1.82) is 0 Å². The van der Waals surface area contributed by atoms with Crippen molar-refractivity contribution in [1.82, 2.24) is 0 Å². The van der Waals surface area contributed by atoms with Crippen molar-refractivity contribution in [3.63, 3.8) is 0 Å². The van der Waals surface area contributed by atoms with Crippen molar-refractivity contribution < 1.29 is 9.53 Å². The highest BCUT2D eigenvalue weighted by Gasteiger charge is 2.10. The van der Waals surface area contributed by atoms with Gasteiger partial charge in [-0.05, 0) is 12.8 Å². The molecule has 0 aliphatic rings. The highest BCUT2D eigenvalue weighted by Crippen LogP contribution is 2.07. The summed E-state index contributed by atoms with van der Waals surface area (Å²) >= 11 is 0. The van der Waals surface area contributed by atoms with Gasteiger partial charge in [-0.1, -0.05) is 52.9 Å². The maximum atomic E-state index is 11.3. The molecule has 0 N–H and O–H groups in total. The minimum Gasteiger partial charge on any atom is -0.465 e. The van der Waals surface area contributed by atoms with Gasteiger partial charge in [0, 0.05) is 0 Å². The Hall–Kier alpha value is -0.530. The van der Waals surface area contributed by atoms with Gasteiger partial charge in [0.25, 0.3) is 0 Å². The Kier molecular flexibility index (Phi) is 9.65. The molecule has 0 spiro atoms. The Labute approximate surface area is 94.4 Å². The first kappa shape index (κ1) is 14.5. The summed E-state index contributed by atoms with van der Waals surface area (Å²) in [5.74, 6) is 0.0242. The van der Waals surface area contributed by atoms with Crippen LogP contribution in [0.4, 0.5) is 0 Å². The van der Waals surface area contributed by atoms with Crippen molar-refractivity contribution in [2.45, 2.75) is 65.7 Å². The van der Waals surface area contributed by atoms with Crippen LogP contribution in [-0.2, 0) is 9.53 Å². The molecule has 1 atom stereocenters. The second-order valence-corrected chi connectivity index (χ2v) is 4.24. The quantitative estimate of drug-likeness (QED) is 0.429. The number of rotatable bonds is 9. The normalized spacial score (nSPS) is 12.5. The smallest absolute Gasteiger partial charge is 0.308 e. The van der Waals surface area contributed by atoms with Crippen molar-refractivity contribution in [3.8, 4) is 0 Å². The van der Waals surface area contributed by atoms with E-state index in [1.54, 1.807) is 0 Å². The van der Waals surface area contributed by atoms with Gasteiger partial charge in [0.2, 0.25) is 0 Å². The highest BCUT2D eigenvalue weighted by atomic mass is 16.5. The van der Waals surface area contributed by atoms with Crippen LogP contribution in [0.5, 0.6) is 0 Å². The Balaban J connectivity index is 3.20. The van der Waals surface area contributed by atoms with E-state index in [-0.39, 0.29) is 11.9 Å². The number of hydrogen-bond acceptors (Lipinski definition) is 2. The highest BCUT2D eigenvalue weighted by molar-refractivity contribution is 5.71. The zero-order chi connectivity index (χ0) is 11.5.